The molecule has 2 rings (SSSR count). The molecule has 1 saturated heterocycles. The number of hydrogen-bond acceptors (Lipinski definition) is 2. The van der Waals surface area contributed by atoms with Gasteiger partial charge in [0.1, 0.15) is 0 Å². The summed E-state index contributed by atoms with van der Waals surface area (Å²) in [6, 6.07) is 2.12. The summed E-state index contributed by atoms with van der Waals surface area (Å²) in [7, 11) is 0. The van der Waals surface area contributed by atoms with Crippen LogP contribution in [-0.2, 0) is 6.18 Å². The van der Waals surface area contributed by atoms with E-state index in [2.05, 4.69) is 25.7 Å². The van der Waals surface area contributed by atoms with Gasteiger partial charge in [-0.25, -0.2) is 0 Å². The van der Waals surface area contributed by atoms with Gasteiger partial charge in [0.05, 0.1) is 21.8 Å². The van der Waals surface area contributed by atoms with Crippen molar-refractivity contribution in [3.05, 3.63) is 40.6 Å². The highest BCUT2D eigenvalue weighted by Gasteiger charge is 2.36. The Morgan fingerprint density at radius 1 is 1.30 bits per heavy atom. The molecule has 1 heterocycles. The zero-order valence-electron chi connectivity index (χ0n) is 16.0. The molecule has 1 aromatic carbocycles. The number of nitrogens with zero attached hydrogens (tertiary/aromatic N) is 1. The fourth-order valence-corrected chi connectivity index (χ4v) is 3.47. The second-order valence-electron chi connectivity index (χ2n) is 7.76. The predicted octanol–water partition coefficient (Wildman–Crippen LogP) is 6.03. The Balaban J connectivity index is 2.50. The Morgan fingerprint density at radius 2 is 1.96 bits per heavy atom. The van der Waals surface area contributed by atoms with E-state index >= 15 is 0 Å². The lowest BCUT2D eigenvalue weighted by molar-refractivity contribution is -0.137. The Bertz CT molecular complexity index is 729. The first kappa shape index (κ1) is 21.6. The van der Waals surface area contributed by atoms with E-state index in [1.54, 1.807) is 0 Å². The van der Waals surface area contributed by atoms with E-state index in [1.807, 2.05) is 11.8 Å². The lowest BCUT2D eigenvalue weighted by Gasteiger charge is -2.28. The molecule has 27 heavy (non-hydrogen) atoms. The molecule has 7 heteroatoms. The van der Waals surface area contributed by atoms with Crippen LogP contribution in [0.25, 0.3) is 0 Å². The molecule has 1 N–H and O–H groups in total. The molecule has 0 aliphatic carbocycles. The van der Waals surface area contributed by atoms with Gasteiger partial charge in [0.2, 0.25) is 0 Å². The number of halogens is 4. The molecular weight excluding hydrogens is 377 g/mol. The first-order valence-corrected chi connectivity index (χ1v) is 9.47. The van der Waals surface area contributed by atoms with Crippen LogP contribution < -0.4 is 10.2 Å². The van der Waals surface area contributed by atoms with Gasteiger partial charge in [-0.15, -0.1) is 0 Å². The van der Waals surface area contributed by atoms with E-state index < -0.39 is 22.7 Å². The zero-order chi connectivity index (χ0) is 20.4. The van der Waals surface area contributed by atoms with Crippen molar-refractivity contribution >= 4 is 23.2 Å². The summed E-state index contributed by atoms with van der Waals surface area (Å²) in [5.41, 5.74) is 0.105. The van der Waals surface area contributed by atoms with E-state index in [-0.39, 0.29) is 16.7 Å². The van der Waals surface area contributed by atoms with Crippen molar-refractivity contribution in [2.75, 3.05) is 18.0 Å². The summed E-state index contributed by atoms with van der Waals surface area (Å²) in [6.45, 7) is 11.1. The third-order valence-corrected chi connectivity index (χ3v) is 5.35. The van der Waals surface area contributed by atoms with Crippen molar-refractivity contribution in [1.82, 2.24) is 5.32 Å². The molecule has 0 radical (unpaired) electrons. The zero-order valence-corrected chi connectivity index (χ0v) is 16.7. The maximum absolute atomic E-state index is 13.4. The van der Waals surface area contributed by atoms with E-state index in [4.69, 9.17) is 11.6 Å². The Hall–Kier alpha value is -1.69. The molecule has 1 amide bonds. The normalized spacial score (nSPS) is 17.4. The number of benzene rings is 1. The molecule has 0 aromatic heterocycles. The van der Waals surface area contributed by atoms with Gasteiger partial charge in [-0.05, 0) is 43.2 Å². The van der Waals surface area contributed by atoms with Crippen molar-refractivity contribution in [1.29, 1.82) is 0 Å². The highest BCUT2D eigenvalue weighted by Crippen LogP contribution is 2.40. The van der Waals surface area contributed by atoms with Gasteiger partial charge >= 0.3 is 6.18 Å². The van der Waals surface area contributed by atoms with E-state index in [9.17, 15) is 18.0 Å². The predicted molar refractivity (Wildman–Crippen MR) is 103 cm³/mol. The third-order valence-electron chi connectivity index (χ3n) is 5.03. The molecule has 1 aliphatic rings. The molecule has 0 unspecified atom stereocenters. The minimum atomic E-state index is -4.58. The van der Waals surface area contributed by atoms with Crippen LogP contribution in [0.1, 0.15) is 62.4 Å². The molecular formula is C20H26ClF3N2O. The van der Waals surface area contributed by atoms with E-state index in [0.717, 1.165) is 31.4 Å². The Morgan fingerprint density at radius 3 is 2.56 bits per heavy atom. The van der Waals surface area contributed by atoms with Crippen molar-refractivity contribution in [2.24, 2.45) is 5.41 Å². The number of anilines is 1. The van der Waals surface area contributed by atoms with Gasteiger partial charge in [-0.1, -0.05) is 39.0 Å². The average Bonchev–Trinajstić information content (AvgIpc) is 2.74. The van der Waals surface area contributed by atoms with Crippen molar-refractivity contribution in [3.8, 4) is 0 Å². The maximum Gasteiger partial charge on any atom is 0.417 e. The number of carbonyl (C=O) groups excluding carboxylic acids is 1. The van der Waals surface area contributed by atoms with Gasteiger partial charge < -0.3 is 10.2 Å². The van der Waals surface area contributed by atoms with Crippen molar-refractivity contribution < 1.29 is 18.0 Å². The molecule has 1 aromatic rings. The van der Waals surface area contributed by atoms with E-state index in [0.29, 0.717) is 25.2 Å². The smallest absolute Gasteiger partial charge is 0.371 e. The van der Waals surface area contributed by atoms with E-state index in [1.165, 1.54) is 0 Å². The SMILES string of the molecule is C=C(CC)NC(=O)c1cc(Cl)c(C(F)(F)F)cc1N1CCCC(C)(C)CC1. The fraction of sp³-hybridized carbons (Fsp3) is 0.550. The standard InChI is InChI=1S/C20H26ClF3N2O/c1-5-13(2)25-18(27)14-11-16(21)15(20(22,23)24)12-17(14)26-9-6-7-19(3,4)8-10-26/h11-12H,2,5-10H2,1,3-4H3,(H,25,27). The average molecular weight is 403 g/mol. The van der Waals surface area contributed by atoms with Crippen LogP contribution in [0.3, 0.4) is 0 Å². The first-order valence-electron chi connectivity index (χ1n) is 9.09. The van der Waals surface area contributed by atoms with Crippen molar-refractivity contribution in [2.45, 2.75) is 52.6 Å². The number of allylic oxidation sites excluding steroid dienone is 1. The lowest BCUT2D eigenvalue weighted by Crippen LogP contribution is -2.30. The number of nitrogens with one attached hydrogen (secondary N) is 1. The maximum atomic E-state index is 13.4. The van der Waals surface area contributed by atoms with Crippen molar-refractivity contribution in [3.63, 3.8) is 0 Å². The number of amides is 1. The molecule has 1 aliphatic heterocycles. The van der Waals surface area contributed by atoms with Crippen LogP contribution in [0.2, 0.25) is 5.02 Å². The highest BCUT2D eigenvalue weighted by atomic mass is 35.5. The van der Waals surface area contributed by atoms with Crippen LogP contribution in [0.4, 0.5) is 18.9 Å². The molecule has 1 fully saturated rings. The van der Waals surface area contributed by atoms with Gasteiger partial charge in [0.25, 0.3) is 5.91 Å². The number of hydrogen-bond donors (Lipinski definition) is 1. The molecule has 150 valence electrons. The summed E-state index contributed by atoms with van der Waals surface area (Å²) in [4.78, 5) is 14.5. The molecule has 0 saturated carbocycles. The highest BCUT2D eigenvalue weighted by molar-refractivity contribution is 6.32. The van der Waals surface area contributed by atoms with Crippen LogP contribution in [0.15, 0.2) is 24.4 Å². The van der Waals surface area contributed by atoms with Gasteiger partial charge in [0, 0.05) is 18.8 Å². The molecule has 3 nitrogen and oxygen atoms in total. The van der Waals surface area contributed by atoms with Crippen LogP contribution in [0, 0.1) is 5.41 Å². The summed E-state index contributed by atoms with van der Waals surface area (Å²) < 4.78 is 40.1. The summed E-state index contributed by atoms with van der Waals surface area (Å²) in [5, 5.41) is 2.16. The minimum Gasteiger partial charge on any atom is -0.371 e. The summed E-state index contributed by atoms with van der Waals surface area (Å²) in [5.74, 6) is -0.490. The monoisotopic (exact) mass is 402 g/mol. The first-order chi connectivity index (χ1) is 12.4. The van der Waals surface area contributed by atoms with Crippen LogP contribution in [0.5, 0.6) is 0 Å². The minimum absolute atomic E-state index is 0.118. The summed E-state index contributed by atoms with van der Waals surface area (Å²) in [6.07, 6.45) is -1.39. The molecule has 0 spiro atoms. The lowest BCUT2D eigenvalue weighted by atomic mass is 9.85. The fourth-order valence-electron chi connectivity index (χ4n) is 3.20. The van der Waals surface area contributed by atoms with Gasteiger partial charge in [0.15, 0.2) is 0 Å². The molecule has 0 atom stereocenters. The number of rotatable bonds is 4. The number of carbonyl (C=O) groups is 1. The second kappa shape index (κ2) is 8.13. The number of alkyl halides is 3. The second-order valence-corrected chi connectivity index (χ2v) is 8.17. The molecule has 0 bridgehead atoms. The van der Waals surface area contributed by atoms with Crippen LogP contribution >= 0.6 is 11.6 Å². The largest absolute Gasteiger partial charge is 0.417 e. The Labute approximate surface area is 163 Å². The van der Waals surface area contributed by atoms with Gasteiger partial charge in [-0.2, -0.15) is 13.2 Å². The summed E-state index contributed by atoms with van der Waals surface area (Å²) >= 11 is 5.88. The quantitative estimate of drug-likeness (QED) is 0.667. The van der Waals surface area contributed by atoms with Crippen LogP contribution in [-0.4, -0.2) is 19.0 Å². The van der Waals surface area contributed by atoms with Gasteiger partial charge in [-0.3, -0.25) is 4.79 Å². The topological polar surface area (TPSA) is 32.3 Å². The third kappa shape index (κ3) is 5.41. The Kier molecular flexibility index (Phi) is 6.51.